The molecule has 0 unspecified atom stereocenters. The predicted octanol–water partition coefficient (Wildman–Crippen LogP) is 2.49. The summed E-state index contributed by atoms with van der Waals surface area (Å²) in [6, 6.07) is 2.79. The fraction of sp³-hybridized carbons (Fsp3) is 0.444. The summed E-state index contributed by atoms with van der Waals surface area (Å²) >= 11 is 5.71. The molecule has 0 fully saturated rings. The molecule has 0 aliphatic heterocycles. The molecule has 0 radical (unpaired) electrons. The molecule has 0 aliphatic rings. The van der Waals surface area contributed by atoms with Gasteiger partial charge in [0, 0.05) is 19.7 Å². The number of pyridine rings is 1. The van der Waals surface area contributed by atoms with Crippen LogP contribution in [0, 0.1) is 10.1 Å². The Morgan fingerprint density at radius 1 is 1.60 bits per heavy atom. The van der Waals surface area contributed by atoms with E-state index in [2.05, 4.69) is 4.98 Å². The van der Waals surface area contributed by atoms with Crippen LogP contribution in [0.5, 0.6) is 0 Å². The van der Waals surface area contributed by atoms with Gasteiger partial charge in [-0.2, -0.15) is 0 Å². The minimum atomic E-state index is -0.454. The standard InChI is InChI=1S/C9H12ClN3O2/c1-3-6-12(2)9-7(13(14)15)4-5-8(10)11-9/h4-5H,3,6H2,1-2H3. The summed E-state index contributed by atoms with van der Waals surface area (Å²) in [5, 5.41) is 11.0. The largest absolute Gasteiger partial charge is 0.354 e. The van der Waals surface area contributed by atoms with E-state index in [-0.39, 0.29) is 10.8 Å². The van der Waals surface area contributed by atoms with Gasteiger partial charge in [0.1, 0.15) is 5.15 Å². The summed E-state index contributed by atoms with van der Waals surface area (Å²) in [5.41, 5.74) is -0.0182. The van der Waals surface area contributed by atoms with Gasteiger partial charge >= 0.3 is 5.69 Å². The quantitative estimate of drug-likeness (QED) is 0.452. The molecule has 15 heavy (non-hydrogen) atoms. The van der Waals surface area contributed by atoms with E-state index in [1.807, 2.05) is 6.92 Å². The number of nitro groups is 1. The monoisotopic (exact) mass is 229 g/mol. The topological polar surface area (TPSA) is 59.3 Å². The number of nitrogens with zero attached hydrogens (tertiary/aromatic N) is 3. The fourth-order valence-electron chi connectivity index (χ4n) is 1.28. The first-order valence-corrected chi connectivity index (χ1v) is 4.96. The molecule has 6 heteroatoms. The average Bonchev–Trinajstić information content (AvgIpc) is 2.17. The molecule has 0 saturated heterocycles. The van der Waals surface area contributed by atoms with E-state index in [4.69, 9.17) is 11.6 Å². The molecule has 1 aromatic heterocycles. The van der Waals surface area contributed by atoms with Gasteiger partial charge in [-0.05, 0) is 12.5 Å². The Kier molecular flexibility index (Phi) is 3.85. The van der Waals surface area contributed by atoms with Crippen LogP contribution >= 0.6 is 11.6 Å². The third-order valence-electron chi connectivity index (χ3n) is 1.94. The van der Waals surface area contributed by atoms with E-state index < -0.39 is 4.92 Å². The van der Waals surface area contributed by atoms with Crippen molar-refractivity contribution in [2.45, 2.75) is 13.3 Å². The van der Waals surface area contributed by atoms with Crippen LogP contribution in [0.25, 0.3) is 0 Å². The molecular formula is C9H12ClN3O2. The van der Waals surface area contributed by atoms with Crippen molar-refractivity contribution in [1.29, 1.82) is 0 Å². The van der Waals surface area contributed by atoms with Gasteiger partial charge in [0.15, 0.2) is 0 Å². The van der Waals surface area contributed by atoms with Crippen molar-refractivity contribution >= 4 is 23.1 Å². The number of anilines is 1. The average molecular weight is 230 g/mol. The molecule has 1 rings (SSSR count). The van der Waals surface area contributed by atoms with E-state index in [0.717, 1.165) is 6.42 Å². The highest BCUT2D eigenvalue weighted by molar-refractivity contribution is 6.29. The van der Waals surface area contributed by atoms with Crippen molar-refractivity contribution < 1.29 is 4.92 Å². The Hall–Kier alpha value is -1.36. The van der Waals surface area contributed by atoms with Gasteiger partial charge in [0.25, 0.3) is 0 Å². The highest BCUT2D eigenvalue weighted by Gasteiger charge is 2.18. The Labute approximate surface area is 92.8 Å². The number of aromatic nitrogens is 1. The zero-order valence-electron chi connectivity index (χ0n) is 8.61. The molecule has 0 bridgehead atoms. The number of hydrogen-bond acceptors (Lipinski definition) is 4. The summed E-state index contributed by atoms with van der Waals surface area (Å²) in [4.78, 5) is 16.0. The molecule has 0 saturated carbocycles. The van der Waals surface area contributed by atoms with Crippen molar-refractivity contribution in [3.05, 3.63) is 27.4 Å². The van der Waals surface area contributed by atoms with Gasteiger partial charge in [-0.25, -0.2) is 4.98 Å². The summed E-state index contributed by atoms with van der Waals surface area (Å²) in [7, 11) is 1.76. The van der Waals surface area contributed by atoms with Gasteiger partial charge in [0.05, 0.1) is 4.92 Å². The highest BCUT2D eigenvalue weighted by atomic mass is 35.5. The second-order valence-electron chi connectivity index (χ2n) is 3.16. The lowest BCUT2D eigenvalue weighted by Gasteiger charge is -2.16. The second kappa shape index (κ2) is 4.93. The molecule has 0 aromatic carbocycles. The van der Waals surface area contributed by atoms with Crippen molar-refractivity contribution in [2.24, 2.45) is 0 Å². The molecule has 0 spiro atoms. The van der Waals surface area contributed by atoms with E-state index >= 15 is 0 Å². The fourth-order valence-corrected chi connectivity index (χ4v) is 1.43. The zero-order chi connectivity index (χ0) is 11.4. The van der Waals surface area contributed by atoms with Gasteiger partial charge in [0.2, 0.25) is 5.82 Å². The smallest absolute Gasteiger partial charge is 0.311 e. The summed E-state index contributed by atoms with van der Waals surface area (Å²) in [6.45, 7) is 2.70. The highest BCUT2D eigenvalue weighted by Crippen LogP contribution is 2.26. The Morgan fingerprint density at radius 2 is 2.27 bits per heavy atom. The lowest BCUT2D eigenvalue weighted by molar-refractivity contribution is -0.384. The van der Waals surface area contributed by atoms with Crippen molar-refractivity contribution in [3.8, 4) is 0 Å². The van der Waals surface area contributed by atoms with Crippen LogP contribution < -0.4 is 4.90 Å². The Bertz CT molecular complexity index is 370. The molecule has 0 N–H and O–H groups in total. The molecule has 1 aromatic rings. The Balaban J connectivity index is 3.12. The van der Waals surface area contributed by atoms with E-state index in [0.29, 0.717) is 12.4 Å². The van der Waals surface area contributed by atoms with Crippen molar-refractivity contribution in [1.82, 2.24) is 4.98 Å². The molecule has 0 atom stereocenters. The van der Waals surface area contributed by atoms with Gasteiger partial charge < -0.3 is 4.90 Å². The van der Waals surface area contributed by atoms with Crippen LogP contribution in [0.1, 0.15) is 13.3 Å². The maximum absolute atomic E-state index is 10.7. The summed E-state index contributed by atoms with van der Waals surface area (Å²) in [5.74, 6) is 0.314. The van der Waals surface area contributed by atoms with Crippen LogP contribution in [0.15, 0.2) is 12.1 Å². The molecular weight excluding hydrogens is 218 g/mol. The van der Waals surface area contributed by atoms with Crippen LogP contribution in [0.3, 0.4) is 0 Å². The predicted molar refractivity (Wildman–Crippen MR) is 59.5 cm³/mol. The first-order valence-electron chi connectivity index (χ1n) is 4.58. The minimum absolute atomic E-state index is 0.0182. The molecule has 0 amide bonds. The number of halogens is 1. The molecule has 1 heterocycles. The van der Waals surface area contributed by atoms with Crippen LogP contribution in [-0.4, -0.2) is 23.5 Å². The maximum atomic E-state index is 10.7. The van der Waals surface area contributed by atoms with E-state index in [9.17, 15) is 10.1 Å². The molecule has 5 nitrogen and oxygen atoms in total. The van der Waals surface area contributed by atoms with Gasteiger partial charge in [-0.1, -0.05) is 18.5 Å². The third kappa shape index (κ3) is 2.79. The number of rotatable bonds is 4. The van der Waals surface area contributed by atoms with Crippen molar-refractivity contribution in [2.75, 3.05) is 18.5 Å². The van der Waals surface area contributed by atoms with Gasteiger partial charge in [-0.15, -0.1) is 0 Å². The summed E-state index contributed by atoms with van der Waals surface area (Å²) in [6.07, 6.45) is 0.891. The van der Waals surface area contributed by atoms with Crippen molar-refractivity contribution in [3.63, 3.8) is 0 Å². The lowest BCUT2D eigenvalue weighted by atomic mass is 10.3. The van der Waals surface area contributed by atoms with E-state index in [1.165, 1.54) is 12.1 Å². The van der Waals surface area contributed by atoms with Crippen LogP contribution in [0.4, 0.5) is 11.5 Å². The SMILES string of the molecule is CCCN(C)c1nc(Cl)ccc1[N+](=O)[O-]. The summed E-state index contributed by atoms with van der Waals surface area (Å²) < 4.78 is 0. The first-order chi connectivity index (χ1) is 7.06. The second-order valence-corrected chi connectivity index (χ2v) is 3.54. The van der Waals surface area contributed by atoms with E-state index in [1.54, 1.807) is 11.9 Å². The lowest BCUT2D eigenvalue weighted by Crippen LogP contribution is -2.20. The minimum Gasteiger partial charge on any atom is -0.354 e. The zero-order valence-corrected chi connectivity index (χ0v) is 9.36. The normalized spacial score (nSPS) is 10.1. The molecule has 82 valence electrons. The number of hydrogen-bond donors (Lipinski definition) is 0. The van der Waals surface area contributed by atoms with Gasteiger partial charge in [-0.3, -0.25) is 10.1 Å². The molecule has 0 aliphatic carbocycles. The van der Waals surface area contributed by atoms with Crippen LogP contribution in [-0.2, 0) is 0 Å². The van der Waals surface area contributed by atoms with Crippen LogP contribution in [0.2, 0.25) is 5.15 Å². The Morgan fingerprint density at radius 3 is 2.80 bits per heavy atom. The third-order valence-corrected chi connectivity index (χ3v) is 2.15. The maximum Gasteiger partial charge on any atom is 0.311 e. The first kappa shape index (κ1) is 11.7.